The standard InChI is InChI=1S/C16H13Br2N3O2/c1-2-21-5-3-4-12(21)9-19-20-16(22)14-7-10-6-11(17)8-13(18)15(10)23-14/h3-9H,2H2,1H3,(H,20,22)/b19-9-. The number of carbonyl (C=O) groups is 1. The summed E-state index contributed by atoms with van der Waals surface area (Å²) in [5.74, 6) is -0.183. The minimum atomic E-state index is -0.393. The van der Waals surface area contributed by atoms with Gasteiger partial charge >= 0.3 is 5.91 Å². The van der Waals surface area contributed by atoms with Crippen molar-refractivity contribution in [3.8, 4) is 0 Å². The fourth-order valence-corrected chi connectivity index (χ4v) is 3.57. The van der Waals surface area contributed by atoms with E-state index in [4.69, 9.17) is 4.42 Å². The minimum absolute atomic E-state index is 0.210. The van der Waals surface area contributed by atoms with Crippen LogP contribution in [0.3, 0.4) is 0 Å². The quantitative estimate of drug-likeness (QED) is 0.480. The Labute approximate surface area is 149 Å². The second kappa shape index (κ2) is 6.72. The summed E-state index contributed by atoms with van der Waals surface area (Å²) in [6, 6.07) is 9.29. The molecule has 3 rings (SSSR count). The van der Waals surface area contributed by atoms with Crippen LogP contribution in [0.15, 0.2) is 55.0 Å². The van der Waals surface area contributed by atoms with Crippen LogP contribution >= 0.6 is 31.9 Å². The Kier molecular flexibility index (Phi) is 4.68. The first-order valence-electron chi connectivity index (χ1n) is 6.95. The third kappa shape index (κ3) is 3.40. The van der Waals surface area contributed by atoms with Crippen LogP contribution in [0.1, 0.15) is 23.2 Å². The number of benzene rings is 1. The molecule has 0 atom stereocenters. The predicted octanol–water partition coefficient (Wildman–Crippen LogP) is 4.54. The van der Waals surface area contributed by atoms with Gasteiger partial charge in [0.15, 0.2) is 5.76 Å². The Morgan fingerprint density at radius 1 is 1.39 bits per heavy atom. The molecule has 0 saturated heterocycles. The molecule has 2 aromatic heterocycles. The third-order valence-corrected chi connectivity index (χ3v) is 4.37. The van der Waals surface area contributed by atoms with Crippen molar-refractivity contribution in [2.75, 3.05) is 0 Å². The maximum atomic E-state index is 12.1. The molecule has 1 amide bonds. The molecular weight excluding hydrogens is 426 g/mol. The van der Waals surface area contributed by atoms with E-state index >= 15 is 0 Å². The highest BCUT2D eigenvalue weighted by Crippen LogP contribution is 2.30. The van der Waals surface area contributed by atoms with Crippen LogP contribution in [0.25, 0.3) is 11.0 Å². The number of aromatic nitrogens is 1. The van der Waals surface area contributed by atoms with Crippen LogP contribution < -0.4 is 5.43 Å². The first kappa shape index (κ1) is 16.0. The number of amides is 1. The summed E-state index contributed by atoms with van der Waals surface area (Å²) in [4.78, 5) is 12.1. The van der Waals surface area contributed by atoms with Crippen LogP contribution in [0.4, 0.5) is 0 Å². The third-order valence-electron chi connectivity index (χ3n) is 3.33. The average Bonchev–Trinajstić information content (AvgIpc) is 3.13. The van der Waals surface area contributed by atoms with Gasteiger partial charge < -0.3 is 8.98 Å². The van der Waals surface area contributed by atoms with E-state index in [0.29, 0.717) is 5.58 Å². The van der Waals surface area contributed by atoms with Gasteiger partial charge in [-0.25, -0.2) is 5.43 Å². The van der Waals surface area contributed by atoms with E-state index in [0.717, 1.165) is 26.6 Å². The van der Waals surface area contributed by atoms with Gasteiger partial charge in [0.2, 0.25) is 0 Å². The summed E-state index contributed by atoms with van der Waals surface area (Å²) in [7, 11) is 0. The lowest BCUT2D eigenvalue weighted by atomic mass is 10.2. The first-order valence-corrected chi connectivity index (χ1v) is 8.54. The van der Waals surface area contributed by atoms with Crippen molar-refractivity contribution in [1.82, 2.24) is 9.99 Å². The number of hydrogen-bond donors (Lipinski definition) is 1. The van der Waals surface area contributed by atoms with Crippen LogP contribution in [-0.4, -0.2) is 16.7 Å². The predicted molar refractivity (Wildman–Crippen MR) is 96.8 cm³/mol. The van der Waals surface area contributed by atoms with Crippen molar-refractivity contribution in [1.29, 1.82) is 0 Å². The van der Waals surface area contributed by atoms with E-state index in [-0.39, 0.29) is 5.76 Å². The van der Waals surface area contributed by atoms with E-state index in [1.165, 1.54) is 0 Å². The number of carbonyl (C=O) groups excluding carboxylic acids is 1. The number of nitrogens with one attached hydrogen (secondary N) is 1. The number of hydrazone groups is 1. The summed E-state index contributed by atoms with van der Waals surface area (Å²) < 4.78 is 9.30. The fraction of sp³-hybridized carbons (Fsp3) is 0.125. The van der Waals surface area contributed by atoms with Gasteiger partial charge in [0.05, 0.1) is 16.4 Å². The second-order valence-corrected chi connectivity index (χ2v) is 6.60. The van der Waals surface area contributed by atoms with Gasteiger partial charge in [-0.1, -0.05) is 15.9 Å². The molecule has 5 nitrogen and oxygen atoms in total. The van der Waals surface area contributed by atoms with Crippen molar-refractivity contribution < 1.29 is 9.21 Å². The number of furan rings is 1. The van der Waals surface area contributed by atoms with Crippen molar-refractivity contribution in [3.05, 3.63) is 56.9 Å². The van der Waals surface area contributed by atoms with Crippen LogP contribution in [-0.2, 0) is 6.54 Å². The fourth-order valence-electron chi connectivity index (χ4n) is 2.23. The van der Waals surface area contributed by atoms with Crippen molar-refractivity contribution in [3.63, 3.8) is 0 Å². The molecule has 7 heteroatoms. The van der Waals surface area contributed by atoms with Gasteiger partial charge in [-0.05, 0) is 53.2 Å². The van der Waals surface area contributed by atoms with E-state index in [9.17, 15) is 4.79 Å². The monoisotopic (exact) mass is 437 g/mol. The maximum Gasteiger partial charge on any atom is 0.307 e. The molecule has 1 N–H and O–H groups in total. The van der Waals surface area contributed by atoms with Crippen molar-refractivity contribution >= 4 is 55.0 Å². The zero-order valence-corrected chi connectivity index (χ0v) is 15.4. The number of halogens is 2. The smallest absolute Gasteiger partial charge is 0.307 e. The van der Waals surface area contributed by atoms with Crippen LogP contribution in [0, 0.1) is 0 Å². The Morgan fingerprint density at radius 3 is 3.00 bits per heavy atom. The maximum absolute atomic E-state index is 12.1. The van der Waals surface area contributed by atoms with E-state index in [1.54, 1.807) is 12.3 Å². The van der Waals surface area contributed by atoms with Gasteiger partial charge in [-0.2, -0.15) is 5.10 Å². The van der Waals surface area contributed by atoms with Gasteiger partial charge in [-0.15, -0.1) is 0 Å². The van der Waals surface area contributed by atoms with Crippen LogP contribution in [0.2, 0.25) is 0 Å². The number of nitrogens with zero attached hydrogens (tertiary/aromatic N) is 2. The molecule has 23 heavy (non-hydrogen) atoms. The van der Waals surface area contributed by atoms with E-state index in [1.807, 2.05) is 42.0 Å². The lowest BCUT2D eigenvalue weighted by Gasteiger charge is -2.00. The average molecular weight is 439 g/mol. The number of rotatable bonds is 4. The van der Waals surface area contributed by atoms with Crippen molar-refractivity contribution in [2.24, 2.45) is 5.10 Å². The Bertz CT molecular complexity index is 896. The summed E-state index contributed by atoms with van der Waals surface area (Å²) >= 11 is 6.83. The summed E-state index contributed by atoms with van der Waals surface area (Å²) in [6.45, 7) is 2.88. The molecule has 2 heterocycles. The Hall–Kier alpha value is -1.86. The lowest BCUT2D eigenvalue weighted by Crippen LogP contribution is -2.17. The number of fused-ring (bicyclic) bond motifs is 1. The molecule has 118 valence electrons. The summed E-state index contributed by atoms with van der Waals surface area (Å²) in [6.07, 6.45) is 3.56. The molecule has 0 radical (unpaired) electrons. The molecule has 0 aliphatic rings. The van der Waals surface area contributed by atoms with Gasteiger partial charge in [0, 0.05) is 22.6 Å². The van der Waals surface area contributed by atoms with E-state index < -0.39 is 5.91 Å². The highest BCUT2D eigenvalue weighted by Gasteiger charge is 2.14. The van der Waals surface area contributed by atoms with E-state index in [2.05, 4.69) is 42.4 Å². The zero-order valence-electron chi connectivity index (χ0n) is 12.2. The lowest BCUT2D eigenvalue weighted by molar-refractivity contribution is 0.0929. The molecule has 0 bridgehead atoms. The normalized spacial score (nSPS) is 11.4. The van der Waals surface area contributed by atoms with Gasteiger partial charge in [0.1, 0.15) is 5.58 Å². The largest absolute Gasteiger partial charge is 0.450 e. The van der Waals surface area contributed by atoms with Crippen molar-refractivity contribution in [2.45, 2.75) is 13.5 Å². The van der Waals surface area contributed by atoms with Gasteiger partial charge in [0.25, 0.3) is 0 Å². The highest BCUT2D eigenvalue weighted by atomic mass is 79.9. The molecule has 3 aromatic rings. The van der Waals surface area contributed by atoms with Gasteiger partial charge in [-0.3, -0.25) is 4.79 Å². The topological polar surface area (TPSA) is 59.5 Å². The zero-order chi connectivity index (χ0) is 16.4. The number of hydrogen-bond acceptors (Lipinski definition) is 3. The SMILES string of the molecule is CCn1cccc1/C=N\NC(=O)c1cc2cc(Br)cc(Br)c2o1. The first-order chi connectivity index (χ1) is 11.1. The summed E-state index contributed by atoms with van der Waals surface area (Å²) in [5.41, 5.74) is 4.03. The molecule has 0 spiro atoms. The highest BCUT2D eigenvalue weighted by molar-refractivity contribution is 9.11. The molecule has 1 aromatic carbocycles. The molecular formula is C16H13Br2N3O2. The van der Waals surface area contributed by atoms with Crippen LogP contribution in [0.5, 0.6) is 0 Å². The minimum Gasteiger partial charge on any atom is -0.450 e. The Morgan fingerprint density at radius 2 is 2.22 bits per heavy atom. The summed E-state index contributed by atoms with van der Waals surface area (Å²) in [5, 5.41) is 4.82. The molecule has 0 unspecified atom stereocenters. The Balaban J connectivity index is 1.77. The second-order valence-electron chi connectivity index (χ2n) is 4.83. The molecule has 0 aliphatic heterocycles. The number of aryl methyl sites for hydroxylation is 1. The molecule has 0 saturated carbocycles. The molecule has 0 fully saturated rings. The molecule has 0 aliphatic carbocycles.